The number of fused-ring (bicyclic) bond motifs is 1. The summed E-state index contributed by atoms with van der Waals surface area (Å²) in [5.74, 6) is 0. The fraction of sp³-hybridized carbons (Fsp3) is 0. The molecule has 0 bridgehead atoms. The van der Waals surface area contributed by atoms with Crippen molar-refractivity contribution in [2.24, 2.45) is 0 Å². The average Bonchev–Trinajstić information content (AvgIpc) is 2.58. The number of hydrogen-bond donors (Lipinski definition) is 1. The van der Waals surface area contributed by atoms with Crippen molar-refractivity contribution in [3.05, 3.63) is 27.9 Å². The van der Waals surface area contributed by atoms with Gasteiger partial charge < -0.3 is 0 Å². The van der Waals surface area contributed by atoms with Gasteiger partial charge in [-0.1, -0.05) is 0 Å². The Kier molecular flexibility index (Phi) is 2.06. The first-order valence-corrected chi connectivity index (χ1v) is 4.58. The molecule has 0 aliphatic rings. The predicted octanol–water partition coefficient (Wildman–Crippen LogP) is 2.01. The Morgan fingerprint density at radius 3 is 3.00 bits per heavy atom. The zero-order valence-corrected chi connectivity index (χ0v) is 8.50. The van der Waals surface area contributed by atoms with Crippen LogP contribution in [0.3, 0.4) is 0 Å². The van der Waals surface area contributed by atoms with Gasteiger partial charge >= 0.3 is 0 Å². The minimum atomic E-state index is 0.352. The van der Waals surface area contributed by atoms with Crippen molar-refractivity contribution in [2.75, 3.05) is 0 Å². The first-order chi connectivity index (χ1) is 6.76. The third-order valence-corrected chi connectivity index (χ3v) is 2.57. The smallest absolute Gasteiger partial charge is 0.170 e. The van der Waals surface area contributed by atoms with Gasteiger partial charge in [0, 0.05) is 9.86 Å². The van der Waals surface area contributed by atoms with Gasteiger partial charge in [-0.25, -0.2) is 0 Å². The van der Waals surface area contributed by atoms with Crippen LogP contribution in [-0.2, 0) is 0 Å². The fourth-order valence-corrected chi connectivity index (χ4v) is 1.67. The molecular weight excluding hydrogens is 246 g/mol. The number of aromatic nitrogens is 2. The highest BCUT2D eigenvalue weighted by atomic mass is 79.9. The van der Waals surface area contributed by atoms with E-state index in [0.29, 0.717) is 32.9 Å². The van der Waals surface area contributed by atoms with E-state index in [1.54, 1.807) is 12.1 Å². The minimum Gasteiger partial charge on any atom is -0.296 e. The maximum Gasteiger partial charge on any atom is 0.170 e. The Morgan fingerprint density at radius 2 is 2.36 bits per heavy atom. The van der Waals surface area contributed by atoms with Crippen LogP contribution in [0, 0.1) is 11.3 Å². The summed E-state index contributed by atoms with van der Waals surface area (Å²) >= 11 is 3.25. The second-order valence-electron chi connectivity index (χ2n) is 2.72. The molecule has 14 heavy (non-hydrogen) atoms. The van der Waals surface area contributed by atoms with E-state index in [4.69, 9.17) is 5.26 Å². The van der Waals surface area contributed by atoms with E-state index in [1.807, 2.05) is 6.07 Å². The van der Waals surface area contributed by atoms with Crippen molar-refractivity contribution in [2.45, 2.75) is 0 Å². The van der Waals surface area contributed by atoms with Gasteiger partial charge in [-0.3, -0.25) is 9.89 Å². The van der Waals surface area contributed by atoms with Crippen molar-refractivity contribution < 1.29 is 4.79 Å². The van der Waals surface area contributed by atoms with Crippen LogP contribution in [0.1, 0.15) is 16.1 Å². The molecule has 1 N–H and O–H groups in total. The van der Waals surface area contributed by atoms with Crippen LogP contribution >= 0.6 is 15.9 Å². The lowest BCUT2D eigenvalue weighted by molar-refractivity contribution is 0.112. The molecular formula is C9H4BrN3O. The highest BCUT2D eigenvalue weighted by Gasteiger charge is 2.08. The lowest BCUT2D eigenvalue weighted by atomic mass is 10.1. The maximum absolute atomic E-state index is 10.6. The molecule has 1 aromatic carbocycles. The normalized spacial score (nSPS) is 10.0. The SMILES string of the molecule is N#Cc1cc2[nH]nc(C=O)c2cc1Br. The molecule has 68 valence electrons. The second-order valence-corrected chi connectivity index (χ2v) is 3.57. The number of aldehydes is 1. The van der Waals surface area contributed by atoms with Crippen LogP contribution in [0.4, 0.5) is 0 Å². The van der Waals surface area contributed by atoms with Crippen LogP contribution < -0.4 is 0 Å². The van der Waals surface area contributed by atoms with Crippen LogP contribution in [0.5, 0.6) is 0 Å². The summed E-state index contributed by atoms with van der Waals surface area (Å²) in [6.07, 6.45) is 0.678. The summed E-state index contributed by atoms with van der Waals surface area (Å²) in [5.41, 5.74) is 1.55. The highest BCUT2D eigenvalue weighted by Crippen LogP contribution is 2.24. The molecule has 0 atom stereocenters. The number of nitrogens with zero attached hydrogens (tertiary/aromatic N) is 2. The number of carbonyl (C=O) groups is 1. The largest absolute Gasteiger partial charge is 0.296 e. The third-order valence-electron chi connectivity index (χ3n) is 1.91. The van der Waals surface area contributed by atoms with Crippen LogP contribution in [0.15, 0.2) is 16.6 Å². The van der Waals surface area contributed by atoms with Gasteiger partial charge in [-0.2, -0.15) is 10.4 Å². The molecule has 5 heteroatoms. The van der Waals surface area contributed by atoms with E-state index in [0.717, 1.165) is 0 Å². The molecule has 0 fully saturated rings. The molecule has 0 amide bonds. The lowest BCUT2D eigenvalue weighted by Crippen LogP contribution is -1.80. The summed E-state index contributed by atoms with van der Waals surface area (Å²) in [7, 11) is 0. The number of rotatable bonds is 1. The van der Waals surface area contributed by atoms with E-state index in [1.165, 1.54) is 0 Å². The summed E-state index contributed by atoms with van der Waals surface area (Å²) in [4.78, 5) is 10.6. The lowest BCUT2D eigenvalue weighted by Gasteiger charge is -1.94. The van der Waals surface area contributed by atoms with Crippen LogP contribution in [0.25, 0.3) is 10.9 Å². The number of nitriles is 1. The molecule has 0 spiro atoms. The minimum absolute atomic E-state index is 0.352. The molecule has 2 rings (SSSR count). The van der Waals surface area contributed by atoms with E-state index < -0.39 is 0 Å². The topological polar surface area (TPSA) is 69.5 Å². The Morgan fingerprint density at radius 1 is 1.57 bits per heavy atom. The summed E-state index contributed by atoms with van der Waals surface area (Å²) < 4.78 is 0.664. The quantitative estimate of drug-likeness (QED) is 0.787. The molecule has 2 aromatic rings. The Bertz CT molecular complexity index is 553. The van der Waals surface area contributed by atoms with Crippen molar-refractivity contribution in [1.29, 1.82) is 5.26 Å². The molecule has 0 saturated carbocycles. The van der Waals surface area contributed by atoms with E-state index in [9.17, 15) is 4.79 Å². The van der Waals surface area contributed by atoms with E-state index in [-0.39, 0.29) is 0 Å². The first-order valence-electron chi connectivity index (χ1n) is 3.79. The number of benzene rings is 1. The van der Waals surface area contributed by atoms with Gasteiger partial charge in [0.1, 0.15) is 11.8 Å². The van der Waals surface area contributed by atoms with Crippen LogP contribution in [-0.4, -0.2) is 16.5 Å². The number of carbonyl (C=O) groups excluding carboxylic acids is 1. The van der Waals surface area contributed by atoms with E-state index >= 15 is 0 Å². The molecule has 0 aliphatic carbocycles. The number of aromatic amines is 1. The molecule has 0 unspecified atom stereocenters. The average molecular weight is 250 g/mol. The van der Waals surface area contributed by atoms with Crippen molar-refractivity contribution in [3.8, 4) is 6.07 Å². The molecule has 1 aromatic heterocycles. The van der Waals surface area contributed by atoms with Gasteiger partial charge in [0.2, 0.25) is 0 Å². The number of H-pyrrole nitrogens is 1. The van der Waals surface area contributed by atoms with Crippen molar-refractivity contribution >= 4 is 33.1 Å². The fourth-order valence-electron chi connectivity index (χ4n) is 1.23. The summed E-state index contributed by atoms with van der Waals surface area (Å²) in [6, 6.07) is 5.39. The van der Waals surface area contributed by atoms with Crippen molar-refractivity contribution in [1.82, 2.24) is 10.2 Å². The number of halogens is 1. The van der Waals surface area contributed by atoms with E-state index in [2.05, 4.69) is 26.1 Å². The Labute approximate surface area is 87.7 Å². The molecule has 4 nitrogen and oxygen atoms in total. The maximum atomic E-state index is 10.6. The molecule has 1 heterocycles. The van der Waals surface area contributed by atoms with Crippen molar-refractivity contribution in [3.63, 3.8) is 0 Å². The first kappa shape index (κ1) is 8.91. The predicted molar refractivity (Wildman–Crippen MR) is 53.9 cm³/mol. The Hall–Kier alpha value is -1.67. The standard InChI is InChI=1S/C9H4BrN3O/c10-7-2-6-8(1-5(7)3-11)12-13-9(6)4-14/h1-2,4H,(H,12,13). The van der Waals surface area contributed by atoms with Gasteiger partial charge in [-0.15, -0.1) is 0 Å². The van der Waals surface area contributed by atoms with Gasteiger partial charge in [0.15, 0.2) is 6.29 Å². The summed E-state index contributed by atoms with van der Waals surface area (Å²) in [6.45, 7) is 0. The van der Waals surface area contributed by atoms with Gasteiger partial charge in [0.25, 0.3) is 0 Å². The summed E-state index contributed by atoms with van der Waals surface area (Å²) in [5, 5.41) is 16.0. The van der Waals surface area contributed by atoms with Gasteiger partial charge in [-0.05, 0) is 28.1 Å². The molecule has 0 radical (unpaired) electrons. The van der Waals surface area contributed by atoms with Gasteiger partial charge in [0.05, 0.1) is 11.1 Å². The molecule has 0 aliphatic heterocycles. The zero-order valence-electron chi connectivity index (χ0n) is 6.91. The monoisotopic (exact) mass is 249 g/mol. The Balaban J connectivity index is 2.83. The van der Waals surface area contributed by atoms with Crippen LogP contribution in [0.2, 0.25) is 0 Å². The number of nitrogens with one attached hydrogen (secondary N) is 1. The number of hydrogen-bond acceptors (Lipinski definition) is 3. The third kappa shape index (κ3) is 1.20. The highest BCUT2D eigenvalue weighted by molar-refractivity contribution is 9.10. The molecule has 0 saturated heterocycles. The second kappa shape index (κ2) is 3.24. The zero-order chi connectivity index (χ0) is 10.1.